The Hall–Kier alpha value is -1.27. The number of hydrogen-bond acceptors (Lipinski definition) is 2. The van der Waals surface area contributed by atoms with Crippen LogP contribution in [0.15, 0.2) is 24.3 Å². The molecule has 0 aromatic heterocycles. The molecule has 1 aromatic rings. The monoisotopic (exact) mass is 338 g/mol. The van der Waals surface area contributed by atoms with Gasteiger partial charge in [-0.1, -0.05) is 25.1 Å². The molecule has 0 aliphatic carbocycles. The van der Waals surface area contributed by atoms with E-state index in [1.165, 1.54) is 12.1 Å². The van der Waals surface area contributed by atoms with Crippen LogP contribution < -0.4 is 11.1 Å². The van der Waals surface area contributed by atoms with Gasteiger partial charge in [-0.05, 0) is 31.4 Å². The Bertz CT molecular complexity index is 504. The third kappa shape index (κ3) is 5.85. The summed E-state index contributed by atoms with van der Waals surface area (Å²) < 4.78 is 38.9. The number of amides is 1. The van der Waals surface area contributed by atoms with Crippen LogP contribution in [-0.2, 0) is 11.0 Å². The highest BCUT2D eigenvalue weighted by Crippen LogP contribution is 2.35. The quantitative estimate of drug-likeness (QED) is 0.863. The summed E-state index contributed by atoms with van der Waals surface area (Å²) in [6.45, 7) is 5.39. The van der Waals surface area contributed by atoms with Crippen LogP contribution in [-0.4, -0.2) is 18.0 Å². The van der Waals surface area contributed by atoms with Crippen molar-refractivity contribution in [3.8, 4) is 0 Å². The zero-order chi connectivity index (χ0) is 16.3. The number of nitrogens with two attached hydrogens (primary N) is 1. The zero-order valence-electron chi connectivity index (χ0n) is 12.8. The molecule has 0 saturated carbocycles. The molecule has 7 heteroatoms. The van der Waals surface area contributed by atoms with Gasteiger partial charge in [0.25, 0.3) is 0 Å². The predicted molar refractivity (Wildman–Crippen MR) is 83.0 cm³/mol. The Balaban J connectivity index is 0.00000441. The normalized spacial score (nSPS) is 13.2. The SMILES string of the molecule is CC(CC(=O)NC(C)(C)CN)c1ccccc1C(F)(F)F.Cl. The van der Waals surface area contributed by atoms with Crippen LogP contribution in [0.2, 0.25) is 0 Å². The molecule has 22 heavy (non-hydrogen) atoms. The molecule has 0 aliphatic rings. The number of carbonyl (C=O) groups excluding carboxylic acids is 1. The molecular formula is C15H22ClF3N2O. The standard InChI is InChI=1S/C15H21F3N2O.ClH/c1-10(8-13(21)20-14(2,3)9-19)11-6-4-5-7-12(11)15(16,17)18;/h4-7,10H,8-9,19H2,1-3H3,(H,20,21);1H. The van der Waals surface area contributed by atoms with E-state index in [-0.39, 0.29) is 36.8 Å². The minimum absolute atomic E-state index is 0. The average molecular weight is 339 g/mol. The summed E-state index contributed by atoms with van der Waals surface area (Å²) in [5.41, 5.74) is 4.38. The van der Waals surface area contributed by atoms with E-state index in [2.05, 4.69) is 5.32 Å². The lowest BCUT2D eigenvalue weighted by Gasteiger charge is -2.25. The highest BCUT2D eigenvalue weighted by molar-refractivity contribution is 5.85. The van der Waals surface area contributed by atoms with Crippen LogP contribution in [0.4, 0.5) is 13.2 Å². The van der Waals surface area contributed by atoms with Crippen molar-refractivity contribution in [1.82, 2.24) is 5.32 Å². The minimum Gasteiger partial charge on any atom is -0.350 e. The van der Waals surface area contributed by atoms with Crippen LogP contribution >= 0.6 is 12.4 Å². The topological polar surface area (TPSA) is 55.1 Å². The Morgan fingerprint density at radius 2 is 1.82 bits per heavy atom. The first-order chi connectivity index (χ1) is 9.57. The Morgan fingerprint density at radius 1 is 1.27 bits per heavy atom. The summed E-state index contributed by atoms with van der Waals surface area (Å²) >= 11 is 0. The lowest BCUT2D eigenvalue weighted by Crippen LogP contribution is -2.49. The van der Waals surface area contributed by atoms with Crippen molar-refractivity contribution in [2.75, 3.05) is 6.54 Å². The molecule has 0 fully saturated rings. The van der Waals surface area contributed by atoms with E-state index in [9.17, 15) is 18.0 Å². The summed E-state index contributed by atoms with van der Waals surface area (Å²) in [5, 5.41) is 2.72. The molecule has 0 spiro atoms. The summed E-state index contributed by atoms with van der Waals surface area (Å²) in [6, 6.07) is 5.34. The highest BCUT2D eigenvalue weighted by Gasteiger charge is 2.34. The predicted octanol–water partition coefficient (Wildman–Crippen LogP) is 3.47. The van der Waals surface area contributed by atoms with Crippen molar-refractivity contribution in [2.45, 2.75) is 44.8 Å². The van der Waals surface area contributed by atoms with Gasteiger partial charge in [0.1, 0.15) is 0 Å². The number of hydrogen-bond donors (Lipinski definition) is 2. The lowest BCUT2D eigenvalue weighted by molar-refractivity contribution is -0.138. The third-order valence-electron chi connectivity index (χ3n) is 3.28. The van der Waals surface area contributed by atoms with Gasteiger partial charge in [0.05, 0.1) is 5.56 Å². The van der Waals surface area contributed by atoms with Crippen molar-refractivity contribution >= 4 is 18.3 Å². The second-order valence-corrected chi connectivity index (χ2v) is 5.83. The molecular weight excluding hydrogens is 317 g/mol. The molecule has 3 nitrogen and oxygen atoms in total. The highest BCUT2D eigenvalue weighted by atomic mass is 35.5. The first kappa shape index (κ1) is 20.7. The maximum atomic E-state index is 13.0. The van der Waals surface area contributed by atoms with E-state index in [1.807, 2.05) is 0 Å². The van der Waals surface area contributed by atoms with Crippen molar-refractivity contribution in [3.05, 3.63) is 35.4 Å². The smallest absolute Gasteiger partial charge is 0.350 e. The van der Waals surface area contributed by atoms with Crippen molar-refractivity contribution in [2.24, 2.45) is 5.73 Å². The third-order valence-corrected chi connectivity index (χ3v) is 3.28. The Morgan fingerprint density at radius 3 is 2.32 bits per heavy atom. The number of halogens is 4. The van der Waals surface area contributed by atoms with Crippen LogP contribution in [0, 0.1) is 0 Å². The summed E-state index contributed by atoms with van der Waals surface area (Å²) in [6.07, 6.45) is -4.44. The first-order valence-electron chi connectivity index (χ1n) is 6.74. The number of rotatable bonds is 5. The van der Waals surface area contributed by atoms with Gasteiger partial charge in [-0.3, -0.25) is 4.79 Å². The number of carbonyl (C=O) groups is 1. The second-order valence-electron chi connectivity index (χ2n) is 5.83. The van der Waals surface area contributed by atoms with Crippen LogP contribution in [0.3, 0.4) is 0 Å². The average Bonchev–Trinajstić information content (AvgIpc) is 2.37. The molecule has 0 heterocycles. The van der Waals surface area contributed by atoms with Gasteiger partial charge in [-0.2, -0.15) is 13.2 Å². The molecule has 1 atom stereocenters. The van der Waals surface area contributed by atoms with Crippen LogP contribution in [0.1, 0.15) is 44.2 Å². The largest absolute Gasteiger partial charge is 0.416 e. The van der Waals surface area contributed by atoms with Crippen molar-refractivity contribution in [3.63, 3.8) is 0 Å². The summed E-state index contributed by atoms with van der Waals surface area (Å²) in [5.74, 6) is -0.841. The van der Waals surface area contributed by atoms with Crippen molar-refractivity contribution in [1.29, 1.82) is 0 Å². The molecule has 126 valence electrons. The summed E-state index contributed by atoms with van der Waals surface area (Å²) in [4.78, 5) is 11.9. The maximum Gasteiger partial charge on any atom is 0.416 e. The van der Waals surface area contributed by atoms with E-state index in [1.54, 1.807) is 26.8 Å². The van der Waals surface area contributed by atoms with Gasteiger partial charge in [0, 0.05) is 18.5 Å². The fraction of sp³-hybridized carbons (Fsp3) is 0.533. The van der Waals surface area contributed by atoms with Crippen LogP contribution in [0.25, 0.3) is 0 Å². The van der Waals surface area contributed by atoms with E-state index in [0.29, 0.717) is 0 Å². The summed E-state index contributed by atoms with van der Waals surface area (Å²) in [7, 11) is 0. The number of nitrogens with one attached hydrogen (secondary N) is 1. The maximum absolute atomic E-state index is 13.0. The van der Waals surface area contributed by atoms with Gasteiger partial charge in [0.15, 0.2) is 0 Å². The van der Waals surface area contributed by atoms with E-state index < -0.39 is 23.2 Å². The number of benzene rings is 1. The van der Waals surface area contributed by atoms with E-state index in [4.69, 9.17) is 5.73 Å². The molecule has 0 aliphatic heterocycles. The van der Waals surface area contributed by atoms with Crippen LogP contribution in [0.5, 0.6) is 0 Å². The lowest BCUT2D eigenvalue weighted by atomic mass is 9.92. The fourth-order valence-electron chi connectivity index (χ4n) is 2.05. The molecule has 1 amide bonds. The van der Waals surface area contributed by atoms with Gasteiger partial charge < -0.3 is 11.1 Å². The molecule has 0 radical (unpaired) electrons. The van der Waals surface area contributed by atoms with Gasteiger partial charge in [-0.15, -0.1) is 12.4 Å². The van der Waals surface area contributed by atoms with E-state index in [0.717, 1.165) is 6.07 Å². The molecule has 1 unspecified atom stereocenters. The zero-order valence-corrected chi connectivity index (χ0v) is 13.6. The fourth-order valence-corrected chi connectivity index (χ4v) is 2.05. The van der Waals surface area contributed by atoms with Crippen molar-refractivity contribution < 1.29 is 18.0 Å². The Labute approximate surface area is 134 Å². The molecule has 0 bridgehead atoms. The minimum atomic E-state index is -4.42. The molecule has 1 rings (SSSR count). The molecule has 1 aromatic carbocycles. The first-order valence-corrected chi connectivity index (χ1v) is 6.74. The molecule has 3 N–H and O–H groups in total. The van der Waals surface area contributed by atoms with Gasteiger partial charge >= 0.3 is 6.18 Å². The van der Waals surface area contributed by atoms with E-state index >= 15 is 0 Å². The van der Waals surface area contributed by atoms with Gasteiger partial charge in [-0.25, -0.2) is 0 Å². The number of alkyl halides is 3. The molecule has 0 saturated heterocycles. The Kier molecular flexibility index (Phi) is 7.38. The van der Waals surface area contributed by atoms with Gasteiger partial charge in [0.2, 0.25) is 5.91 Å². The second kappa shape index (κ2) is 7.83.